The molecule has 0 saturated carbocycles. The molecule has 0 spiro atoms. The molecule has 1 aliphatic rings. The normalized spacial score (nSPS) is 18.4. The Labute approximate surface area is 160 Å². The van der Waals surface area contributed by atoms with Crippen molar-refractivity contribution in [2.24, 2.45) is 4.99 Å². The van der Waals surface area contributed by atoms with Crippen molar-refractivity contribution in [3.8, 4) is 0 Å². The predicted octanol–water partition coefficient (Wildman–Crippen LogP) is 0.347. The molecule has 1 unspecified atom stereocenters. The number of rotatable bonds is 8. The van der Waals surface area contributed by atoms with E-state index < -0.39 is 5.60 Å². The van der Waals surface area contributed by atoms with E-state index in [0.717, 1.165) is 43.7 Å². The van der Waals surface area contributed by atoms with E-state index in [1.165, 1.54) is 0 Å². The SMILES string of the molecule is CCNC(=NCc1csc(N(C)C)n1)NCC(C)(O)CN1CCOCC1. The first-order valence-electron chi connectivity index (χ1n) is 9.06. The average Bonchev–Trinajstić information content (AvgIpc) is 3.07. The number of ether oxygens (including phenoxy) is 1. The smallest absolute Gasteiger partial charge is 0.191 e. The summed E-state index contributed by atoms with van der Waals surface area (Å²) in [5.41, 5.74) is 0.0997. The summed E-state index contributed by atoms with van der Waals surface area (Å²) in [5.74, 6) is 0.689. The Bertz CT molecular complexity index is 569. The van der Waals surface area contributed by atoms with Gasteiger partial charge in [-0.25, -0.2) is 9.98 Å². The van der Waals surface area contributed by atoms with Crippen molar-refractivity contribution in [2.45, 2.75) is 26.0 Å². The minimum atomic E-state index is -0.841. The number of hydrogen-bond acceptors (Lipinski definition) is 7. The maximum absolute atomic E-state index is 10.7. The highest BCUT2D eigenvalue weighted by Crippen LogP contribution is 2.18. The van der Waals surface area contributed by atoms with Gasteiger partial charge in [-0.05, 0) is 13.8 Å². The van der Waals surface area contributed by atoms with Crippen molar-refractivity contribution in [1.82, 2.24) is 20.5 Å². The second kappa shape index (κ2) is 10.1. The number of thiazole rings is 1. The Kier molecular flexibility index (Phi) is 8.08. The van der Waals surface area contributed by atoms with E-state index in [2.05, 4.69) is 25.5 Å². The molecule has 8 nitrogen and oxygen atoms in total. The number of hydrogen-bond donors (Lipinski definition) is 3. The molecule has 148 valence electrons. The van der Waals surface area contributed by atoms with Gasteiger partial charge in [0.1, 0.15) is 0 Å². The van der Waals surface area contributed by atoms with Crippen LogP contribution < -0.4 is 15.5 Å². The molecule has 2 rings (SSSR count). The first-order valence-corrected chi connectivity index (χ1v) is 9.94. The number of aliphatic imine (C=N–C) groups is 1. The molecule has 0 bridgehead atoms. The average molecular weight is 385 g/mol. The highest BCUT2D eigenvalue weighted by Gasteiger charge is 2.25. The van der Waals surface area contributed by atoms with Crippen LogP contribution in [-0.4, -0.2) is 86.6 Å². The first kappa shape index (κ1) is 20.9. The molecular formula is C17H32N6O2S. The van der Waals surface area contributed by atoms with Crippen LogP contribution in [-0.2, 0) is 11.3 Å². The molecule has 0 aliphatic carbocycles. The van der Waals surface area contributed by atoms with Gasteiger partial charge >= 0.3 is 0 Å². The number of morpholine rings is 1. The molecule has 1 fully saturated rings. The Morgan fingerprint density at radius 1 is 1.42 bits per heavy atom. The molecule has 3 N–H and O–H groups in total. The highest BCUT2D eigenvalue weighted by atomic mass is 32.1. The second-order valence-corrected chi connectivity index (χ2v) is 7.79. The van der Waals surface area contributed by atoms with E-state index in [1.807, 2.05) is 38.2 Å². The van der Waals surface area contributed by atoms with Gasteiger partial charge in [0, 0.05) is 52.2 Å². The van der Waals surface area contributed by atoms with Crippen LogP contribution in [0.15, 0.2) is 10.4 Å². The van der Waals surface area contributed by atoms with Gasteiger partial charge in [0.2, 0.25) is 0 Å². The van der Waals surface area contributed by atoms with E-state index in [9.17, 15) is 5.11 Å². The van der Waals surface area contributed by atoms with E-state index in [4.69, 9.17) is 4.74 Å². The lowest BCUT2D eigenvalue weighted by molar-refractivity contribution is -0.0201. The van der Waals surface area contributed by atoms with Crippen LogP contribution in [0.2, 0.25) is 0 Å². The Balaban J connectivity index is 1.87. The van der Waals surface area contributed by atoms with Gasteiger partial charge in [-0.1, -0.05) is 0 Å². The fourth-order valence-corrected chi connectivity index (χ4v) is 3.40. The van der Waals surface area contributed by atoms with Crippen LogP contribution in [0.3, 0.4) is 0 Å². The number of nitrogens with one attached hydrogen (secondary N) is 2. The zero-order valence-corrected chi connectivity index (χ0v) is 17.1. The molecule has 1 aromatic heterocycles. The third kappa shape index (κ3) is 7.06. The summed E-state index contributed by atoms with van der Waals surface area (Å²) in [4.78, 5) is 13.3. The lowest BCUT2D eigenvalue weighted by Crippen LogP contribution is -2.52. The summed E-state index contributed by atoms with van der Waals surface area (Å²) in [6.07, 6.45) is 0. The third-order valence-corrected chi connectivity index (χ3v) is 5.03. The fourth-order valence-electron chi connectivity index (χ4n) is 2.65. The van der Waals surface area contributed by atoms with Gasteiger partial charge in [0.15, 0.2) is 11.1 Å². The molecule has 0 radical (unpaired) electrons. The van der Waals surface area contributed by atoms with Crippen LogP contribution in [0.5, 0.6) is 0 Å². The Hall–Kier alpha value is -1.42. The van der Waals surface area contributed by atoms with Crippen molar-refractivity contribution < 1.29 is 9.84 Å². The summed E-state index contributed by atoms with van der Waals surface area (Å²) in [5, 5.41) is 20.2. The van der Waals surface area contributed by atoms with Gasteiger partial charge in [-0.3, -0.25) is 4.90 Å². The lowest BCUT2D eigenvalue weighted by atomic mass is 10.1. The summed E-state index contributed by atoms with van der Waals surface area (Å²) in [6, 6.07) is 0. The number of anilines is 1. The van der Waals surface area contributed by atoms with E-state index in [1.54, 1.807) is 11.3 Å². The van der Waals surface area contributed by atoms with Crippen molar-refractivity contribution in [1.29, 1.82) is 0 Å². The van der Waals surface area contributed by atoms with Gasteiger partial charge in [0.05, 0.1) is 31.1 Å². The minimum Gasteiger partial charge on any atom is -0.387 e. The van der Waals surface area contributed by atoms with Crippen molar-refractivity contribution in [3.05, 3.63) is 11.1 Å². The lowest BCUT2D eigenvalue weighted by Gasteiger charge is -2.34. The molecule has 26 heavy (non-hydrogen) atoms. The van der Waals surface area contributed by atoms with E-state index in [0.29, 0.717) is 25.6 Å². The monoisotopic (exact) mass is 384 g/mol. The number of guanidine groups is 1. The van der Waals surface area contributed by atoms with Crippen LogP contribution in [0.4, 0.5) is 5.13 Å². The molecule has 0 aromatic carbocycles. The maximum Gasteiger partial charge on any atom is 0.191 e. The summed E-state index contributed by atoms with van der Waals surface area (Å²) in [7, 11) is 3.96. The van der Waals surface area contributed by atoms with E-state index in [-0.39, 0.29) is 0 Å². The van der Waals surface area contributed by atoms with E-state index >= 15 is 0 Å². The fraction of sp³-hybridized carbons (Fsp3) is 0.765. The van der Waals surface area contributed by atoms with Crippen molar-refractivity contribution >= 4 is 22.4 Å². The quantitative estimate of drug-likeness (QED) is 0.440. The first-order chi connectivity index (χ1) is 12.4. The molecule has 1 atom stereocenters. The van der Waals surface area contributed by atoms with Gasteiger partial charge in [-0.15, -0.1) is 11.3 Å². The zero-order chi connectivity index (χ0) is 19.0. The number of β-amino-alcohol motifs (C(OH)–C–C–N with tert-alkyl or cyclic N) is 1. The molecule has 1 aromatic rings. The van der Waals surface area contributed by atoms with Crippen molar-refractivity contribution in [3.63, 3.8) is 0 Å². The second-order valence-electron chi connectivity index (χ2n) is 6.95. The standard InChI is InChI=1S/C17H32N6O2S/c1-5-18-15(19-10-14-11-26-16(21-14)22(3)4)20-12-17(2,24)13-23-6-8-25-9-7-23/h11,24H,5-10,12-13H2,1-4H3,(H2,18,19,20). The largest absolute Gasteiger partial charge is 0.387 e. The highest BCUT2D eigenvalue weighted by molar-refractivity contribution is 7.13. The topological polar surface area (TPSA) is 85.2 Å². The third-order valence-electron chi connectivity index (χ3n) is 3.97. The van der Waals surface area contributed by atoms with Crippen LogP contribution in [0.25, 0.3) is 0 Å². The summed E-state index contributed by atoms with van der Waals surface area (Å²) in [6.45, 7) is 9.37. The summed E-state index contributed by atoms with van der Waals surface area (Å²) >= 11 is 1.61. The van der Waals surface area contributed by atoms with Crippen molar-refractivity contribution in [2.75, 3.05) is 64.9 Å². The number of nitrogens with zero attached hydrogens (tertiary/aromatic N) is 4. The molecule has 9 heteroatoms. The molecule has 2 heterocycles. The van der Waals surface area contributed by atoms with Crippen LogP contribution in [0, 0.1) is 0 Å². The van der Waals surface area contributed by atoms with Gasteiger partial charge in [-0.2, -0.15) is 0 Å². The Morgan fingerprint density at radius 2 is 2.15 bits per heavy atom. The molecule has 1 saturated heterocycles. The minimum absolute atomic E-state index is 0.427. The van der Waals surface area contributed by atoms with Crippen LogP contribution >= 0.6 is 11.3 Å². The Morgan fingerprint density at radius 3 is 2.77 bits per heavy atom. The predicted molar refractivity (Wildman–Crippen MR) is 107 cm³/mol. The zero-order valence-electron chi connectivity index (χ0n) is 16.3. The summed E-state index contributed by atoms with van der Waals surface area (Å²) < 4.78 is 5.36. The van der Waals surface area contributed by atoms with Crippen LogP contribution in [0.1, 0.15) is 19.5 Å². The molecular weight excluding hydrogens is 352 g/mol. The van der Waals surface area contributed by atoms with Gasteiger partial charge in [0.25, 0.3) is 0 Å². The van der Waals surface area contributed by atoms with Gasteiger partial charge < -0.3 is 25.4 Å². The number of aromatic nitrogens is 1. The molecule has 0 amide bonds. The number of aliphatic hydroxyl groups is 1. The maximum atomic E-state index is 10.7. The molecule has 1 aliphatic heterocycles.